The van der Waals surface area contributed by atoms with Crippen molar-refractivity contribution in [1.82, 2.24) is 0 Å². The van der Waals surface area contributed by atoms with Crippen molar-refractivity contribution in [1.29, 1.82) is 0 Å². The smallest absolute Gasteiger partial charge is 0.150 e. The first-order valence-electron chi connectivity index (χ1n) is 8.56. The number of phenols is 1. The van der Waals surface area contributed by atoms with Gasteiger partial charge in [0, 0.05) is 28.3 Å². The number of aromatic hydroxyl groups is 1. The van der Waals surface area contributed by atoms with Crippen LogP contribution in [0.2, 0.25) is 0 Å². The predicted octanol–water partition coefficient (Wildman–Crippen LogP) is 5.69. The van der Waals surface area contributed by atoms with Crippen LogP contribution in [0.1, 0.15) is 34.0 Å². The SMILES string of the molecule is C=C/C=C\C1=C(c2ccc(C=O)cc2C=C)c2ccc(O)cc2O/C1=C/C. The molecule has 3 rings (SSSR count). The molecule has 0 amide bonds. The molecule has 1 heterocycles. The first kappa shape index (κ1) is 18.2. The lowest BCUT2D eigenvalue weighted by molar-refractivity contribution is 0.112. The molecule has 0 saturated carbocycles. The third kappa shape index (κ3) is 3.40. The lowest BCUT2D eigenvalue weighted by Gasteiger charge is -2.26. The molecule has 0 aliphatic carbocycles. The van der Waals surface area contributed by atoms with Gasteiger partial charge in [-0.05, 0) is 42.3 Å². The summed E-state index contributed by atoms with van der Waals surface area (Å²) in [6.45, 7) is 9.54. The number of allylic oxidation sites excluding steroid dienone is 4. The van der Waals surface area contributed by atoms with E-state index in [-0.39, 0.29) is 5.75 Å². The van der Waals surface area contributed by atoms with Crippen LogP contribution in [0.15, 0.2) is 85.2 Å². The minimum atomic E-state index is 0.133. The molecule has 134 valence electrons. The molecule has 1 aliphatic rings. The number of rotatable bonds is 5. The fraction of sp³-hybridized carbons (Fsp3) is 0.0417. The quantitative estimate of drug-likeness (QED) is 0.553. The minimum Gasteiger partial charge on any atom is -0.508 e. The summed E-state index contributed by atoms with van der Waals surface area (Å²) in [4.78, 5) is 11.2. The van der Waals surface area contributed by atoms with Crippen molar-refractivity contribution in [2.45, 2.75) is 6.92 Å². The van der Waals surface area contributed by atoms with E-state index in [1.54, 1.807) is 30.4 Å². The highest BCUT2D eigenvalue weighted by atomic mass is 16.5. The van der Waals surface area contributed by atoms with E-state index < -0.39 is 0 Å². The van der Waals surface area contributed by atoms with Crippen molar-refractivity contribution in [2.24, 2.45) is 0 Å². The van der Waals surface area contributed by atoms with Gasteiger partial charge in [0.15, 0.2) is 0 Å². The summed E-state index contributed by atoms with van der Waals surface area (Å²) >= 11 is 0. The van der Waals surface area contributed by atoms with Crippen LogP contribution >= 0.6 is 0 Å². The van der Waals surface area contributed by atoms with Crippen LogP contribution in [0.3, 0.4) is 0 Å². The summed E-state index contributed by atoms with van der Waals surface area (Å²) in [6, 6.07) is 10.6. The normalized spacial score (nSPS) is 14.8. The molecule has 0 saturated heterocycles. The number of hydrogen-bond donors (Lipinski definition) is 1. The minimum absolute atomic E-state index is 0.133. The van der Waals surface area contributed by atoms with Crippen LogP contribution in [0.25, 0.3) is 11.6 Å². The van der Waals surface area contributed by atoms with E-state index in [4.69, 9.17) is 4.74 Å². The van der Waals surface area contributed by atoms with E-state index in [0.717, 1.165) is 34.1 Å². The van der Waals surface area contributed by atoms with Gasteiger partial charge in [0.1, 0.15) is 23.5 Å². The molecule has 3 nitrogen and oxygen atoms in total. The van der Waals surface area contributed by atoms with Crippen LogP contribution in [0, 0.1) is 0 Å². The molecule has 3 heteroatoms. The van der Waals surface area contributed by atoms with Crippen molar-refractivity contribution < 1.29 is 14.6 Å². The Kier molecular flexibility index (Phi) is 5.23. The van der Waals surface area contributed by atoms with Gasteiger partial charge < -0.3 is 9.84 Å². The number of benzene rings is 2. The molecule has 2 aromatic rings. The Labute approximate surface area is 158 Å². The number of phenolic OH excluding ortho intramolecular Hbond substituents is 1. The molecule has 0 bridgehead atoms. The number of ether oxygens (including phenoxy) is 1. The molecule has 0 fully saturated rings. The topological polar surface area (TPSA) is 46.5 Å². The molecule has 27 heavy (non-hydrogen) atoms. The second kappa shape index (κ2) is 7.75. The van der Waals surface area contributed by atoms with Gasteiger partial charge in [0.2, 0.25) is 0 Å². The number of carbonyl (C=O) groups excluding carboxylic acids is 1. The zero-order valence-electron chi connectivity index (χ0n) is 15.1. The molecule has 0 radical (unpaired) electrons. The van der Waals surface area contributed by atoms with Gasteiger partial charge in [0.05, 0.1) is 0 Å². The Morgan fingerprint density at radius 1 is 1.07 bits per heavy atom. The summed E-state index contributed by atoms with van der Waals surface area (Å²) in [5.74, 6) is 1.38. The van der Waals surface area contributed by atoms with Gasteiger partial charge in [-0.1, -0.05) is 49.6 Å². The van der Waals surface area contributed by atoms with E-state index >= 15 is 0 Å². The van der Waals surface area contributed by atoms with Crippen molar-refractivity contribution in [3.63, 3.8) is 0 Å². The van der Waals surface area contributed by atoms with E-state index in [9.17, 15) is 9.90 Å². The first-order valence-corrected chi connectivity index (χ1v) is 8.56. The van der Waals surface area contributed by atoms with Crippen LogP contribution < -0.4 is 4.74 Å². The Morgan fingerprint density at radius 2 is 1.85 bits per heavy atom. The van der Waals surface area contributed by atoms with Crippen LogP contribution in [-0.4, -0.2) is 11.4 Å². The molecule has 0 spiro atoms. The lowest BCUT2D eigenvalue weighted by Crippen LogP contribution is -2.10. The Bertz CT molecular complexity index is 1020. The summed E-state index contributed by atoms with van der Waals surface area (Å²) in [5.41, 5.74) is 5.03. The monoisotopic (exact) mass is 356 g/mol. The number of aldehydes is 1. The lowest BCUT2D eigenvalue weighted by atomic mass is 9.86. The zero-order chi connectivity index (χ0) is 19.4. The third-order valence-electron chi connectivity index (χ3n) is 4.35. The maximum absolute atomic E-state index is 11.2. The van der Waals surface area contributed by atoms with Gasteiger partial charge >= 0.3 is 0 Å². The molecule has 0 unspecified atom stereocenters. The fourth-order valence-corrected chi connectivity index (χ4v) is 3.13. The number of fused-ring (bicyclic) bond motifs is 1. The van der Waals surface area contributed by atoms with Crippen LogP contribution in [0.4, 0.5) is 0 Å². The van der Waals surface area contributed by atoms with Gasteiger partial charge in [-0.2, -0.15) is 0 Å². The fourth-order valence-electron chi connectivity index (χ4n) is 3.13. The average Bonchev–Trinajstić information content (AvgIpc) is 2.70. The standard InChI is InChI=1S/C24H20O3/c1-4-7-8-20-22(6-3)27-23-14-18(26)10-12-21(23)24(20)19-11-9-16(15-25)13-17(19)5-2/h4-15,26H,1-2H2,3H3/b8-7-,22-6+. The van der Waals surface area contributed by atoms with E-state index in [1.165, 1.54) is 0 Å². The molecule has 1 aliphatic heterocycles. The van der Waals surface area contributed by atoms with Crippen LogP contribution in [0.5, 0.6) is 11.5 Å². The van der Waals surface area contributed by atoms with E-state index in [1.807, 2.05) is 43.4 Å². The van der Waals surface area contributed by atoms with Crippen molar-refractivity contribution >= 4 is 17.9 Å². The zero-order valence-corrected chi connectivity index (χ0v) is 15.1. The van der Waals surface area contributed by atoms with Gasteiger partial charge in [-0.15, -0.1) is 0 Å². The van der Waals surface area contributed by atoms with Crippen molar-refractivity contribution in [2.75, 3.05) is 0 Å². The molecule has 0 aromatic heterocycles. The summed E-state index contributed by atoms with van der Waals surface area (Å²) in [6.07, 6.45) is 9.91. The largest absolute Gasteiger partial charge is 0.508 e. The van der Waals surface area contributed by atoms with Crippen molar-refractivity contribution in [3.05, 3.63) is 107 Å². The molecular formula is C24H20O3. The van der Waals surface area contributed by atoms with Crippen LogP contribution in [-0.2, 0) is 0 Å². The number of hydrogen-bond acceptors (Lipinski definition) is 3. The number of carbonyl (C=O) groups is 1. The van der Waals surface area contributed by atoms with E-state index in [2.05, 4.69) is 13.2 Å². The second-order valence-electron chi connectivity index (χ2n) is 5.99. The molecule has 0 atom stereocenters. The highest BCUT2D eigenvalue weighted by molar-refractivity contribution is 5.94. The Hall–Kier alpha value is -3.59. The first-order chi connectivity index (χ1) is 13.1. The van der Waals surface area contributed by atoms with Crippen molar-refractivity contribution in [3.8, 4) is 11.5 Å². The van der Waals surface area contributed by atoms with Gasteiger partial charge in [-0.25, -0.2) is 0 Å². The van der Waals surface area contributed by atoms with E-state index in [0.29, 0.717) is 17.1 Å². The van der Waals surface area contributed by atoms with Gasteiger partial charge in [0.25, 0.3) is 0 Å². The molecule has 2 aromatic carbocycles. The summed E-state index contributed by atoms with van der Waals surface area (Å²) in [5, 5.41) is 9.88. The highest BCUT2D eigenvalue weighted by Gasteiger charge is 2.25. The van der Waals surface area contributed by atoms with Gasteiger partial charge in [-0.3, -0.25) is 4.79 Å². The maximum Gasteiger partial charge on any atom is 0.150 e. The summed E-state index contributed by atoms with van der Waals surface area (Å²) < 4.78 is 6.02. The Morgan fingerprint density at radius 3 is 2.52 bits per heavy atom. The summed E-state index contributed by atoms with van der Waals surface area (Å²) in [7, 11) is 0. The predicted molar refractivity (Wildman–Crippen MR) is 110 cm³/mol. The highest BCUT2D eigenvalue weighted by Crippen LogP contribution is 2.44. The maximum atomic E-state index is 11.2. The Balaban J connectivity index is 2.40. The molecule has 1 N–H and O–H groups in total. The third-order valence-corrected chi connectivity index (χ3v) is 4.35. The molecular weight excluding hydrogens is 336 g/mol. The second-order valence-corrected chi connectivity index (χ2v) is 5.99. The average molecular weight is 356 g/mol.